The fraction of sp³-hybridized carbons (Fsp3) is 0.316. The maximum Gasteiger partial charge on any atom is 0.250 e. The summed E-state index contributed by atoms with van der Waals surface area (Å²) in [6.45, 7) is 1.96. The zero-order valence-electron chi connectivity index (χ0n) is 14.4. The molecular formula is C19H20BrN2O3P. The second-order valence-corrected chi connectivity index (χ2v) is 7.66. The first-order chi connectivity index (χ1) is 12.6. The van der Waals surface area contributed by atoms with Gasteiger partial charge in [0.2, 0.25) is 5.91 Å². The minimum absolute atomic E-state index is 0.0190. The van der Waals surface area contributed by atoms with E-state index in [9.17, 15) is 9.36 Å². The average Bonchev–Trinajstić information content (AvgIpc) is 2.99. The van der Waals surface area contributed by atoms with Crippen LogP contribution in [0.2, 0.25) is 0 Å². The molecule has 1 atom stereocenters. The predicted molar refractivity (Wildman–Crippen MR) is 107 cm³/mol. The number of carbonyl (C=O) groups is 1. The Balaban J connectivity index is 1.70. The first kappa shape index (κ1) is 19.0. The molecule has 1 amide bonds. The molecule has 1 aliphatic carbocycles. The van der Waals surface area contributed by atoms with Gasteiger partial charge in [0.25, 0.3) is 0 Å². The van der Waals surface area contributed by atoms with E-state index in [1.54, 1.807) is 0 Å². The summed E-state index contributed by atoms with van der Waals surface area (Å²) in [6.07, 6.45) is 1.99. The van der Waals surface area contributed by atoms with Gasteiger partial charge in [-0.2, -0.15) is 0 Å². The highest BCUT2D eigenvalue weighted by atomic mass is 79.9. The van der Waals surface area contributed by atoms with Crippen molar-refractivity contribution in [3.8, 4) is 0 Å². The molecular weight excluding hydrogens is 415 g/mol. The van der Waals surface area contributed by atoms with Crippen molar-refractivity contribution in [1.29, 1.82) is 0 Å². The molecule has 26 heavy (non-hydrogen) atoms. The summed E-state index contributed by atoms with van der Waals surface area (Å²) in [6, 6.07) is 12.7. The van der Waals surface area contributed by atoms with Crippen LogP contribution >= 0.6 is 24.4 Å². The molecule has 0 fully saturated rings. The quantitative estimate of drug-likeness (QED) is 0.471. The number of ether oxygens (including phenoxy) is 1. The molecule has 0 aromatic heterocycles. The van der Waals surface area contributed by atoms with E-state index in [0.717, 1.165) is 28.7 Å². The summed E-state index contributed by atoms with van der Waals surface area (Å²) < 4.78 is 16.1. The van der Waals surface area contributed by atoms with Crippen molar-refractivity contribution in [3.05, 3.63) is 57.6 Å². The van der Waals surface area contributed by atoms with Crippen LogP contribution in [0.25, 0.3) is 0 Å². The first-order valence-corrected chi connectivity index (χ1v) is 10.2. The van der Waals surface area contributed by atoms with E-state index in [-0.39, 0.29) is 33.4 Å². The van der Waals surface area contributed by atoms with Crippen LogP contribution in [0, 0.1) is 6.92 Å². The molecule has 5 nitrogen and oxygen atoms in total. The fourth-order valence-corrected chi connectivity index (χ4v) is 3.71. The van der Waals surface area contributed by atoms with Crippen molar-refractivity contribution in [2.75, 3.05) is 23.6 Å². The van der Waals surface area contributed by atoms with E-state index in [2.05, 4.69) is 63.8 Å². The van der Waals surface area contributed by atoms with Gasteiger partial charge in [0.1, 0.15) is 13.0 Å². The molecule has 0 saturated heterocycles. The van der Waals surface area contributed by atoms with Gasteiger partial charge in [-0.15, -0.1) is 0 Å². The molecule has 2 N–H and O–H groups in total. The van der Waals surface area contributed by atoms with Crippen molar-refractivity contribution >= 4 is 41.7 Å². The number of anilines is 2. The number of hydrogen-bond acceptors (Lipinski definition) is 4. The Morgan fingerprint density at radius 1 is 1.31 bits per heavy atom. The lowest BCUT2D eigenvalue weighted by Crippen LogP contribution is -2.18. The van der Waals surface area contributed by atoms with Crippen LogP contribution in [0.5, 0.6) is 0 Å². The molecule has 1 unspecified atom stereocenters. The molecule has 136 valence electrons. The number of aryl methyl sites for hydroxylation is 2. The van der Waals surface area contributed by atoms with Gasteiger partial charge in [-0.1, -0.05) is 17.7 Å². The zero-order chi connectivity index (χ0) is 18.5. The predicted octanol–water partition coefficient (Wildman–Crippen LogP) is 5.06. The Hall–Kier alpha value is -1.75. The second kappa shape index (κ2) is 8.76. The Kier molecular flexibility index (Phi) is 6.41. The minimum Gasteiger partial charge on any atom is -0.378 e. The SMILES string of the molecule is Cc1ccc(NC2CCc3cc(NC(=O)COCP=O)c(Br)cc32)cc1. The number of hydrogen-bond donors (Lipinski definition) is 2. The maximum absolute atomic E-state index is 11.9. The van der Waals surface area contributed by atoms with Gasteiger partial charge < -0.3 is 15.4 Å². The smallest absolute Gasteiger partial charge is 0.250 e. The van der Waals surface area contributed by atoms with Crippen LogP contribution in [0.3, 0.4) is 0 Å². The largest absolute Gasteiger partial charge is 0.378 e. The highest BCUT2D eigenvalue weighted by Crippen LogP contribution is 2.38. The number of halogens is 1. The van der Waals surface area contributed by atoms with Crippen LogP contribution in [0.4, 0.5) is 11.4 Å². The van der Waals surface area contributed by atoms with Gasteiger partial charge >= 0.3 is 0 Å². The fourth-order valence-electron chi connectivity index (χ4n) is 3.09. The number of fused-ring (bicyclic) bond motifs is 1. The topological polar surface area (TPSA) is 67.4 Å². The number of rotatable bonds is 7. The molecule has 2 aromatic rings. The van der Waals surface area contributed by atoms with Crippen molar-refractivity contribution in [1.82, 2.24) is 0 Å². The lowest BCUT2D eigenvalue weighted by Gasteiger charge is -2.17. The molecule has 0 heterocycles. The van der Waals surface area contributed by atoms with Gasteiger partial charge in [0.15, 0.2) is 8.46 Å². The standard InChI is InChI=1S/C19H20BrN2O3P/c1-12-2-5-14(6-3-12)21-17-7-4-13-8-18(16(20)9-15(13)17)22-19(23)10-25-11-26-24/h2-3,5-6,8-9,17,21H,4,7,10-11H2,1H3,(H,22,23). The van der Waals surface area contributed by atoms with E-state index in [1.165, 1.54) is 16.7 Å². The summed E-state index contributed by atoms with van der Waals surface area (Å²) in [5.74, 6) is -0.262. The van der Waals surface area contributed by atoms with Gasteiger partial charge in [-0.3, -0.25) is 9.36 Å². The van der Waals surface area contributed by atoms with Crippen LogP contribution in [-0.2, 0) is 20.5 Å². The zero-order valence-corrected chi connectivity index (χ0v) is 16.9. The Bertz CT molecular complexity index is 811. The van der Waals surface area contributed by atoms with E-state index < -0.39 is 0 Å². The van der Waals surface area contributed by atoms with Crippen LogP contribution < -0.4 is 10.6 Å². The molecule has 3 rings (SSSR count). The van der Waals surface area contributed by atoms with Crippen molar-refractivity contribution in [2.24, 2.45) is 0 Å². The molecule has 1 aliphatic rings. The van der Waals surface area contributed by atoms with Gasteiger partial charge in [-0.25, -0.2) is 0 Å². The summed E-state index contributed by atoms with van der Waals surface area (Å²) in [4.78, 5) is 11.9. The lowest BCUT2D eigenvalue weighted by atomic mass is 10.1. The highest BCUT2D eigenvalue weighted by Gasteiger charge is 2.24. The van der Waals surface area contributed by atoms with Gasteiger partial charge in [-0.05, 0) is 71.1 Å². The first-order valence-electron chi connectivity index (χ1n) is 8.39. The van der Waals surface area contributed by atoms with Crippen molar-refractivity contribution in [2.45, 2.75) is 25.8 Å². The third-order valence-electron chi connectivity index (χ3n) is 4.35. The molecule has 0 saturated carbocycles. The number of nitrogens with one attached hydrogen (secondary N) is 2. The van der Waals surface area contributed by atoms with E-state index in [4.69, 9.17) is 4.74 Å². The molecule has 0 spiro atoms. The summed E-state index contributed by atoms with van der Waals surface area (Å²) >= 11 is 3.55. The highest BCUT2D eigenvalue weighted by molar-refractivity contribution is 9.10. The number of benzene rings is 2. The lowest BCUT2D eigenvalue weighted by molar-refractivity contribution is -0.119. The van der Waals surface area contributed by atoms with Gasteiger partial charge in [0.05, 0.1) is 11.7 Å². The second-order valence-electron chi connectivity index (χ2n) is 6.29. The van der Waals surface area contributed by atoms with Crippen molar-refractivity contribution < 1.29 is 14.1 Å². The molecule has 2 aromatic carbocycles. The van der Waals surface area contributed by atoms with E-state index in [1.807, 2.05) is 6.07 Å². The minimum atomic E-state index is -0.262. The summed E-state index contributed by atoms with van der Waals surface area (Å²) in [5.41, 5.74) is 5.55. The van der Waals surface area contributed by atoms with Crippen LogP contribution in [0.15, 0.2) is 40.9 Å². The van der Waals surface area contributed by atoms with Gasteiger partial charge in [0, 0.05) is 10.2 Å². The number of carbonyl (C=O) groups excluding carboxylic acids is 1. The van der Waals surface area contributed by atoms with E-state index >= 15 is 0 Å². The van der Waals surface area contributed by atoms with Crippen LogP contribution in [-0.4, -0.2) is 18.9 Å². The summed E-state index contributed by atoms with van der Waals surface area (Å²) in [5, 5.41) is 6.42. The van der Waals surface area contributed by atoms with E-state index in [0.29, 0.717) is 0 Å². The third-order valence-corrected chi connectivity index (χ3v) is 5.29. The molecule has 7 heteroatoms. The Labute approximate surface area is 162 Å². The molecule has 0 radical (unpaired) electrons. The monoisotopic (exact) mass is 434 g/mol. The average molecular weight is 435 g/mol. The third kappa shape index (κ3) is 4.70. The van der Waals surface area contributed by atoms with Crippen LogP contribution in [0.1, 0.15) is 29.2 Å². The molecule has 0 aliphatic heterocycles. The summed E-state index contributed by atoms with van der Waals surface area (Å²) in [7, 11) is -0.127. The number of amides is 1. The normalized spacial score (nSPS) is 15.7. The Morgan fingerprint density at radius 3 is 2.81 bits per heavy atom. The van der Waals surface area contributed by atoms with Crippen molar-refractivity contribution in [3.63, 3.8) is 0 Å². The Morgan fingerprint density at radius 2 is 2.08 bits per heavy atom. The molecule has 0 bridgehead atoms. The maximum atomic E-state index is 11.9.